The van der Waals surface area contributed by atoms with Crippen molar-refractivity contribution in [3.63, 3.8) is 0 Å². The molecule has 0 amide bonds. The Bertz CT molecular complexity index is 454. The highest BCUT2D eigenvalue weighted by atomic mass is 16.3. The molecule has 4 bridgehead atoms. The fraction of sp³-hybridized carbons (Fsp3) is 0.824. The quantitative estimate of drug-likeness (QED) is 0.791. The van der Waals surface area contributed by atoms with Crippen molar-refractivity contribution in [3.05, 3.63) is 12.2 Å². The average molecular weight is 262 g/mol. The Morgan fingerprint density at radius 3 is 2.58 bits per heavy atom. The van der Waals surface area contributed by atoms with Crippen molar-refractivity contribution >= 4 is 5.78 Å². The third-order valence-electron chi connectivity index (χ3n) is 6.23. The molecule has 106 valence electrons. The lowest BCUT2D eigenvalue weighted by molar-refractivity contribution is -0.227. The molecule has 4 saturated carbocycles. The molecule has 0 aliphatic heterocycles. The van der Waals surface area contributed by atoms with Gasteiger partial charge in [0.05, 0.1) is 5.60 Å². The predicted octanol–water partition coefficient (Wildman–Crippen LogP) is 3.49. The molecule has 2 heteroatoms. The van der Waals surface area contributed by atoms with Crippen LogP contribution in [0, 0.1) is 22.7 Å². The highest BCUT2D eigenvalue weighted by molar-refractivity contribution is 5.94. The van der Waals surface area contributed by atoms with Gasteiger partial charge in [-0.1, -0.05) is 20.4 Å². The molecule has 1 N–H and O–H groups in total. The minimum Gasteiger partial charge on any atom is -0.390 e. The molecule has 4 aliphatic rings. The summed E-state index contributed by atoms with van der Waals surface area (Å²) in [6.07, 6.45) is 5.84. The third-order valence-corrected chi connectivity index (χ3v) is 6.23. The van der Waals surface area contributed by atoms with E-state index in [9.17, 15) is 9.90 Å². The van der Waals surface area contributed by atoms with Gasteiger partial charge >= 0.3 is 0 Å². The Hall–Kier alpha value is -0.630. The Labute approximate surface area is 116 Å². The molecular weight excluding hydrogens is 236 g/mol. The summed E-state index contributed by atoms with van der Waals surface area (Å²) in [6.45, 7) is 10.1. The number of carbonyl (C=O) groups is 1. The number of Topliss-reactive ketones (excluding diaryl/α,β-unsaturated/α-hetero) is 1. The second kappa shape index (κ2) is 3.72. The van der Waals surface area contributed by atoms with E-state index in [1.165, 1.54) is 6.42 Å². The van der Waals surface area contributed by atoms with Gasteiger partial charge in [0.1, 0.15) is 0 Å². The molecule has 0 heterocycles. The summed E-state index contributed by atoms with van der Waals surface area (Å²) in [5, 5.41) is 11.0. The van der Waals surface area contributed by atoms with Crippen molar-refractivity contribution in [2.24, 2.45) is 22.7 Å². The number of ketones is 1. The van der Waals surface area contributed by atoms with Crippen LogP contribution in [-0.2, 0) is 4.79 Å². The Kier molecular flexibility index (Phi) is 2.62. The normalized spacial score (nSPS) is 51.4. The monoisotopic (exact) mass is 262 g/mol. The summed E-state index contributed by atoms with van der Waals surface area (Å²) >= 11 is 0. The highest BCUT2D eigenvalue weighted by Gasteiger charge is 2.64. The van der Waals surface area contributed by atoms with Crippen molar-refractivity contribution in [1.82, 2.24) is 0 Å². The van der Waals surface area contributed by atoms with E-state index in [0.29, 0.717) is 23.8 Å². The number of hydrogen-bond donors (Lipinski definition) is 1. The van der Waals surface area contributed by atoms with Crippen LogP contribution in [0.1, 0.15) is 59.3 Å². The number of allylic oxidation sites excluding steroid dienone is 1. The summed E-state index contributed by atoms with van der Waals surface area (Å²) in [5.41, 5.74) is 0.440. The Balaban J connectivity index is 1.92. The molecule has 2 nitrogen and oxygen atoms in total. The zero-order chi connectivity index (χ0) is 14.1. The van der Waals surface area contributed by atoms with Gasteiger partial charge in [0.25, 0.3) is 0 Å². The molecule has 4 rings (SSSR count). The zero-order valence-electron chi connectivity index (χ0n) is 12.5. The number of hydrogen-bond acceptors (Lipinski definition) is 2. The van der Waals surface area contributed by atoms with Gasteiger partial charge in [-0.05, 0) is 67.3 Å². The van der Waals surface area contributed by atoms with Gasteiger partial charge in [-0.15, -0.1) is 0 Å². The van der Waals surface area contributed by atoms with Gasteiger partial charge in [0, 0.05) is 6.42 Å². The van der Waals surface area contributed by atoms with E-state index < -0.39 is 5.60 Å². The molecule has 5 atom stereocenters. The Morgan fingerprint density at radius 1 is 1.32 bits per heavy atom. The van der Waals surface area contributed by atoms with Crippen molar-refractivity contribution in [2.45, 2.75) is 64.9 Å². The van der Waals surface area contributed by atoms with Crippen LogP contribution in [0.4, 0.5) is 0 Å². The first-order valence-electron chi connectivity index (χ1n) is 7.58. The van der Waals surface area contributed by atoms with Gasteiger partial charge in [0.15, 0.2) is 5.78 Å². The lowest BCUT2D eigenvalue weighted by Crippen LogP contribution is -2.63. The van der Waals surface area contributed by atoms with Crippen LogP contribution in [0.15, 0.2) is 12.2 Å². The number of carbonyl (C=O) groups excluding carboxylic acids is 1. The molecule has 0 aromatic heterocycles. The van der Waals surface area contributed by atoms with Gasteiger partial charge in [0.2, 0.25) is 0 Å². The number of rotatable bonds is 3. The molecule has 0 spiro atoms. The second-order valence-electron chi connectivity index (χ2n) is 8.28. The van der Waals surface area contributed by atoms with Crippen molar-refractivity contribution in [2.75, 3.05) is 0 Å². The summed E-state index contributed by atoms with van der Waals surface area (Å²) in [4.78, 5) is 12.1. The van der Waals surface area contributed by atoms with Crippen molar-refractivity contribution in [1.29, 1.82) is 0 Å². The minimum atomic E-state index is -0.524. The third kappa shape index (κ3) is 1.91. The van der Waals surface area contributed by atoms with Crippen molar-refractivity contribution < 1.29 is 9.90 Å². The molecule has 0 saturated heterocycles. The zero-order valence-corrected chi connectivity index (χ0v) is 12.5. The van der Waals surface area contributed by atoms with Crippen LogP contribution >= 0.6 is 0 Å². The maximum Gasteiger partial charge on any atom is 0.158 e. The fourth-order valence-electron chi connectivity index (χ4n) is 5.83. The second-order valence-corrected chi connectivity index (χ2v) is 8.28. The fourth-order valence-corrected chi connectivity index (χ4v) is 5.83. The van der Waals surface area contributed by atoms with E-state index in [-0.39, 0.29) is 16.6 Å². The summed E-state index contributed by atoms with van der Waals surface area (Å²) in [5.74, 6) is 1.19. The first kappa shape index (κ1) is 13.4. The van der Waals surface area contributed by atoms with Crippen LogP contribution in [0.3, 0.4) is 0 Å². The smallest absolute Gasteiger partial charge is 0.158 e. The van der Waals surface area contributed by atoms with Crippen molar-refractivity contribution in [3.8, 4) is 0 Å². The highest BCUT2D eigenvalue weighted by Crippen LogP contribution is 2.69. The van der Waals surface area contributed by atoms with Gasteiger partial charge in [-0.25, -0.2) is 0 Å². The van der Waals surface area contributed by atoms with E-state index in [4.69, 9.17) is 0 Å². The predicted molar refractivity (Wildman–Crippen MR) is 75.7 cm³/mol. The van der Waals surface area contributed by atoms with E-state index >= 15 is 0 Å². The standard InChI is InChI=1S/C17H26O2/c1-11(2)14(18)7-16-6-13-5-15(4,8-16)9-17(19,10-16)12(13)3/h12-13,19H,1,5-10H2,2-4H3. The SMILES string of the molecule is C=C(C)C(=O)CC12CC3CC(C)(C1)CC(O)(C2)C3C. The molecule has 0 aromatic carbocycles. The maximum atomic E-state index is 12.1. The van der Waals surface area contributed by atoms with Crippen LogP contribution in [0.5, 0.6) is 0 Å². The van der Waals surface area contributed by atoms with Crippen LogP contribution < -0.4 is 0 Å². The minimum absolute atomic E-state index is 0.0488. The van der Waals surface area contributed by atoms with Crippen LogP contribution in [-0.4, -0.2) is 16.5 Å². The van der Waals surface area contributed by atoms with E-state index in [2.05, 4.69) is 20.4 Å². The van der Waals surface area contributed by atoms with Gasteiger partial charge < -0.3 is 5.11 Å². The first-order chi connectivity index (χ1) is 8.67. The first-order valence-corrected chi connectivity index (χ1v) is 7.58. The molecular formula is C17H26O2. The average Bonchev–Trinajstić information content (AvgIpc) is 2.22. The lowest BCUT2D eigenvalue weighted by Gasteiger charge is -2.67. The summed E-state index contributed by atoms with van der Waals surface area (Å²) < 4.78 is 0. The van der Waals surface area contributed by atoms with E-state index in [1.807, 2.05) is 6.92 Å². The maximum absolute atomic E-state index is 12.1. The molecule has 4 aliphatic carbocycles. The molecule has 5 unspecified atom stereocenters. The Morgan fingerprint density at radius 2 is 2.00 bits per heavy atom. The van der Waals surface area contributed by atoms with Gasteiger partial charge in [-0.3, -0.25) is 4.79 Å². The molecule has 4 fully saturated rings. The number of aliphatic hydroxyl groups is 1. The summed E-state index contributed by atoms with van der Waals surface area (Å²) in [7, 11) is 0. The topological polar surface area (TPSA) is 37.3 Å². The largest absolute Gasteiger partial charge is 0.390 e. The molecule has 0 aromatic rings. The van der Waals surface area contributed by atoms with Gasteiger partial charge in [-0.2, -0.15) is 0 Å². The lowest BCUT2D eigenvalue weighted by atomic mass is 9.39. The van der Waals surface area contributed by atoms with Crippen LogP contribution in [0.2, 0.25) is 0 Å². The van der Waals surface area contributed by atoms with Crippen LogP contribution in [0.25, 0.3) is 0 Å². The van der Waals surface area contributed by atoms with E-state index in [1.54, 1.807) is 0 Å². The molecule has 19 heavy (non-hydrogen) atoms. The molecule has 0 radical (unpaired) electrons. The van der Waals surface area contributed by atoms with E-state index in [0.717, 1.165) is 25.7 Å². The summed E-state index contributed by atoms with van der Waals surface area (Å²) in [6, 6.07) is 0.